The highest BCUT2D eigenvalue weighted by Crippen LogP contribution is 2.40. The molecule has 0 atom stereocenters. The van der Waals surface area contributed by atoms with E-state index in [1.807, 2.05) is 0 Å². The maximum atomic E-state index is 10.9. The number of aromatic carboxylic acids is 1. The van der Waals surface area contributed by atoms with Gasteiger partial charge in [-0.1, -0.05) is 5.16 Å². The summed E-state index contributed by atoms with van der Waals surface area (Å²) >= 11 is 0. The van der Waals surface area contributed by atoms with Crippen LogP contribution in [0.3, 0.4) is 0 Å². The molecular weight excluding hydrogens is 278 g/mol. The highest BCUT2D eigenvalue weighted by atomic mass is 16.5. The van der Waals surface area contributed by atoms with Gasteiger partial charge in [-0.3, -0.25) is 0 Å². The van der Waals surface area contributed by atoms with E-state index in [2.05, 4.69) is 5.16 Å². The van der Waals surface area contributed by atoms with E-state index in [1.165, 1.54) is 20.3 Å². The molecule has 21 heavy (non-hydrogen) atoms. The molecule has 2 aromatic rings. The zero-order chi connectivity index (χ0) is 15.4. The van der Waals surface area contributed by atoms with Crippen LogP contribution in [0.25, 0.3) is 11.3 Å². The number of nitrogens with zero attached hydrogens (tertiary/aromatic N) is 1. The summed E-state index contributed by atoms with van der Waals surface area (Å²) in [5.41, 5.74) is 1.17. The number of methoxy groups -OCH3 is 3. The number of hydrogen-bond acceptors (Lipinski definition) is 6. The fourth-order valence-corrected chi connectivity index (χ4v) is 1.95. The summed E-state index contributed by atoms with van der Waals surface area (Å²) in [7, 11) is 4.59. The normalized spacial score (nSPS) is 10.4. The predicted octanol–water partition coefficient (Wildman–Crippen LogP) is 2.20. The Kier molecular flexibility index (Phi) is 4.44. The largest absolute Gasteiger partial charge is 0.496 e. The molecule has 1 heterocycles. The predicted molar refractivity (Wildman–Crippen MR) is 72.7 cm³/mol. The van der Waals surface area contributed by atoms with Crippen LogP contribution in [-0.4, -0.2) is 37.6 Å². The molecule has 0 aliphatic heterocycles. The molecule has 0 saturated heterocycles. The number of rotatable bonds is 6. The van der Waals surface area contributed by atoms with Gasteiger partial charge in [0.15, 0.2) is 11.5 Å². The molecule has 0 spiro atoms. The molecule has 0 bridgehead atoms. The van der Waals surface area contributed by atoms with Crippen LogP contribution < -0.4 is 9.47 Å². The lowest BCUT2D eigenvalue weighted by Gasteiger charge is -2.13. The standard InChI is InChI=1S/C14H15NO6/c1-18-7-8-4-10(19-2)13(11(5-8)20-3)12-6-9(14(16)17)15-21-12/h4-6H,7H2,1-3H3,(H,16,17). The Labute approximate surface area is 121 Å². The van der Waals surface area contributed by atoms with Gasteiger partial charge in [0, 0.05) is 13.2 Å². The van der Waals surface area contributed by atoms with E-state index in [-0.39, 0.29) is 11.5 Å². The van der Waals surface area contributed by atoms with Gasteiger partial charge < -0.3 is 23.8 Å². The van der Waals surface area contributed by atoms with E-state index in [1.54, 1.807) is 19.2 Å². The van der Waals surface area contributed by atoms with E-state index < -0.39 is 5.97 Å². The van der Waals surface area contributed by atoms with Gasteiger partial charge in [0.25, 0.3) is 0 Å². The Morgan fingerprint density at radius 1 is 1.19 bits per heavy atom. The monoisotopic (exact) mass is 293 g/mol. The van der Waals surface area contributed by atoms with Gasteiger partial charge in [0.1, 0.15) is 17.1 Å². The first-order valence-corrected chi connectivity index (χ1v) is 6.05. The topological polar surface area (TPSA) is 91.0 Å². The first-order valence-electron chi connectivity index (χ1n) is 6.05. The fraction of sp³-hybridized carbons (Fsp3) is 0.286. The molecule has 0 saturated carbocycles. The van der Waals surface area contributed by atoms with E-state index in [0.29, 0.717) is 23.7 Å². The van der Waals surface area contributed by atoms with Crippen molar-refractivity contribution in [3.63, 3.8) is 0 Å². The van der Waals surface area contributed by atoms with Crippen molar-refractivity contribution in [3.05, 3.63) is 29.5 Å². The lowest BCUT2D eigenvalue weighted by atomic mass is 10.1. The molecule has 0 fully saturated rings. The number of carbonyl (C=O) groups is 1. The second-order valence-corrected chi connectivity index (χ2v) is 4.19. The van der Waals surface area contributed by atoms with Gasteiger partial charge in [-0.15, -0.1) is 0 Å². The summed E-state index contributed by atoms with van der Waals surface area (Å²) in [5.74, 6) is 0.0491. The zero-order valence-electron chi connectivity index (χ0n) is 11.9. The van der Waals surface area contributed by atoms with E-state index >= 15 is 0 Å². The quantitative estimate of drug-likeness (QED) is 0.872. The maximum absolute atomic E-state index is 10.9. The van der Waals surface area contributed by atoms with Gasteiger partial charge in [-0.2, -0.15) is 0 Å². The van der Waals surface area contributed by atoms with Crippen molar-refractivity contribution < 1.29 is 28.6 Å². The van der Waals surface area contributed by atoms with Crippen LogP contribution in [0.2, 0.25) is 0 Å². The number of benzene rings is 1. The molecule has 0 amide bonds. The molecule has 0 radical (unpaired) electrons. The summed E-state index contributed by atoms with van der Waals surface area (Å²) in [6.45, 7) is 0.393. The molecular formula is C14H15NO6. The lowest BCUT2D eigenvalue weighted by Crippen LogP contribution is -1.97. The van der Waals surface area contributed by atoms with Gasteiger partial charge in [-0.25, -0.2) is 4.79 Å². The SMILES string of the molecule is COCc1cc(OC)c(-c2cc(C(=O)O)no2)c(OC)c1. The number of carboxylic acids is 1. The van der Waals surface area contributed by atoms with Gasteiger partial charge in [-0.05, 0) is 17.7 Å². The van der Waals surface area contributed by atoms with Crippen molar-refractivity contribution >= 4 is 5.97 Å². The molecule has 1 N–H and O–H groups in total. The van der Waals surface area contributed by atoms with Crippen LogP contribution in [0.4, 0.5) is 0 Å². The second-order valence-electron chi connectivity index (χ2n) is 4.19. The number of aromatic nitrogens is 1. The van der Waals surface area contributed by atoms with E-state index in [4.69, 9.17) is 23.8 Å². The van der Waals surface area contributed by atoms with Crippen molar-refractivity contribution in [1.82, 2.24) is 5.16 Å². The molecule has 7 heteroatoms. The number of hydrogen-bond donors (Lipinski definition) is 1. The molecule has 1 aromatic heterocycles. The van der Waals surface area contributed by atoms with E-state index in [9.17, 15) is 4.79 Å². The minimum absolute atomic E-state index is 0.185. The van der Waals surface area contributed by atoms with Crippen LogP contribution in [-0.2, 0) is 11.3 Å². The molecule has 0 unspecified atom stereocenters. The van der Waals surface area contributed by atoms with Crippen molar-refractivity contribution in [3.8, 4) is 22.8 Å². The molecule has 2 rings (SSSR count). The maximum Gasteiger partial charge on any atom is 0.358 e. The molecule has 1 aromatic carbocycles. The second kappa shape index (κ2) is 6.27. The van der Waals surface area contributed by atoms with E-state index in [0.717, 1.165) is 5.56 Å². The van der Waals surface area contributed by atoms with Crippen LogP contribution in [0.1, 0.15) is 16.1 Å². The summed E-state index contributed by atoms with van der Waals surface area (Å²) in [6.07, 6.45) is 0. The minimum atomic E-state index is -1.17. The average Bonchev–Trinajstić information content (AvgIpc) is 2.96. The van der Waals surface area contributed by atoms with Crippen LogP contribution in [0, 0.1) is 0 Å². The molecule has 112 valence electrons. The zero-order valence-corrected chi connectivity index (χ0v) is 11.9. The van der Waals surface area contributed by atoms with Crippen LogP contribution in [0.5, 0.6) is 11.5 Å². The average molecular weight is 293 g/mol. The summed E-state index contributed by atoms with van der Waals surface area (Å²) in [6, 6.07) is 4.85. The van der Waals surface area contributed by atoms with Crippen LogP contribution >= 0.6 is 0 Å². The van der Waals surface area contributed by atoms with Crippen molar-refractivity contribution in [1.29, 1.82) is 0 Å². The fourth-order valence-electron chi connectivity index (χ4n) is 1.95. The summed E-state index contributed by atoms with van der Waals surface area (Å²) in [4.78, 5) is 10.9. The van der Waals surface area contributed by atoms with Crippen molar-refractivity contribution in [2.24, 2.45) is 0 Å². The highest BCUT2D eigenvalue weighted by Gasteiger charge is 2.20. The Hall–Kier alpha value is -2.54. The third kappa shape index (κ3) is 2.97. The Balaban J connectivity index is 2.56. The van der Waals surface area contributed by atoms with Crippen molar-refractivity contribution in [2.75, 3.05) is 21.3 Å². The summed E-state index contributed by atoms with van der Waals surface area (Å²) in [5, 5.41) is 12.4. The first-order chi connectivity index (χ1) is 10.1. The third-order valence-corrected chi connectivity index (χ3v) is 2.85. The Morgan fingerprint density at radius 2 is 1.81 bits per heavy atom. The third-order valence-electron chi connectivity index (χ3n) is 2.85. The van der Waals surface area contributed by atoms with Crippen molar-refractivity contribution in [2.45, 2.75) is 6.61 Å². The smallest absolute Gasteiger partial charge is 0.358 e. The van der Waals surface area contributed by atoms with Gasteiger partial charge in [0.05, 0.1) is 20.8 Å². The lowest BCUT2D eigenvalue weighted by molar-refractivity contribution is 0.0686. The van der Waals surface area contributed by atoms with Crippen LogP contribution in [0.15, 0.2) is 22.7 Å². The van der Waals surface area contributed by atoms with Gasteiger partial charge >= 0.3 is 5.97 Å². The Morgan fingerprint density at radius 3 is 2.24 bits per heavy atom. The first kappa shape index (κ1) is 14.9. The minimum Gasteiger partial charge on any atom is -0.496 e. The molecule has 0 aliphatic rings. The highest BCUT2D eigenvalue weighted by molar-refractivity contribution is 5.87. The molecule has 0 aliphatic carbocycles. The van der Waals surface area contributed by atoms with Gasteiger partial charge in [0.2, 0.25) is 0 Å². The molecule has 7 nitrogen and oxygen atoms in total. The Bertz CT molecular complexity index is 624. The number of carboxylic acid groups (broad SMARTS) is 1. The summed E-state index contributed by atoms with van der Waals surface area (Å²) < 4.78 is 20.8. The number of ether oxygens (including phenoxy) is 3.